The molecule has 1 aliphatic heterocycles. The third-order valence-electron chi connectivity index (χ3n) is 13.7. The number of carbonyl (C=O) groups excluding carboxylic acids is 6. The molecule has 11 atom stereocenters. The molecule has 4 N–H and O–H groups in total. The van der Waals surface area contributed by atoms with E-state index >= 15 is 4.79 Å². The summed E-state index contributed by atoms with van der Waals surface area (Å²) < 4.78 is 24.4. The summed E-state index contributed by atoms with van der Waals surface area (Å²) in [6, 6.07) is 23.1. The molecule has 322 valence electrons. The molecule has 0 spiro atoms. The monoisotopic (exact) mass is 837 g/mol. The molecule has 1 amide bonds. The van der Waals surface area contributed by atoms with Crippen molar-refractivity contribution in [3.8, 4) is 0 Å². The molecule has 4 aliphatic rings. The van der Waals surface area contributed by atoms with E-state index < -0.39 is 112 Å². The van der Waals surface area contributed by atoms with Crippen LogP contribution >= 0.6 is 0 Å². The molecule has 1 saturated heterocycles. The van der Waals surface area contributed by atoms with E-state index in [0.29, 0.717) is 5.56 Å². The highest BCUT2D eigenvalue weighted by molar-refractivity contribution is 6.08. The fourth-order valence-electron chi connectivity index (χ4n) is 10.4. The molecule has 3 aromatic rings. The van der Waals surface area contributed by atoms with Gasteiger partial charge in [0.25, 0.3) is 5.91 Å². The van der Waals surface area contributed by atoms with Crippen molar-refractivity contribution in [2.45, 2.75) is 102 Å². The highest BCUT2D eigenvalue weighted by atomic mass is 16.6. The highest BCUT2D eigenvalue weighted by Crippen LogP contribution is 2.65. The van der Waals surface area contributed by atoms with Gasteiger partial charge >= 0.3 is 17.9 Å². The third kappa shape index (κ3) is 7.08. The lowest BCUT2D eigenvalue weighted by Gasteiger charge is -2.67. The third-order valence-corrected chi connectivity index (χ3v) is 13.7. The number of ketones is 2. The van der Waals surface area contributed by atoms with E-state index in [1.807, 2.05) is 0 Å². The average molecular weight is 838 g/mol. The van der Waals surface area contributed by atoms with E-state index in [9.17, 15) is 39.3 Å². The maximum Gasteiger partial charge on any atom is 0.338 e. The van der Waals surface area contributed by atoms with Gasteiger partial charge in [0.15, 0.2) is 17.5 Å². The van der Waals surface area contributed by atoms with Crippen molar-refractivity contribution in [1.82, 2.24) is 5.32 Å². The molecule has 0 unspecified atom stereocenters. The number of hydrogen-bond acceptors (Lipinski definition) is 13. The van der Waals surface area contributed by atoms with E-state index in [4.69, 9.17) is 18.9 Å². The Morgan fingerprint density at radius 2 is 1.43 bits per heavy atom. The number of ether oxygens (including phenoxy) is 4. The van der Waals surface area contributed by atoms with Crippen LogP contribution in [0.15, 0.2) is 102 Å². The molecule has 14 heteroatoms. The van der Waals surface area contributed by atoms with Gasteiger partial charge in [-0.2, -0.15) is 0 Å². The second kappa shape index (κ2) is 16.1. The fraction of sp³-hybridized carbons (Fsp3) is 0.447. The van der Waals surface area contributed by atoms with E-state index in [1.54, 1.807) is 99.6 Å². The zero-order valence-corrected chi connectivity index (χ0v) is 34.8. The summed E-state index contributed by atoms with van der Waals surface area (Å²) in [6.45, 7) is 8.23. The van der Waals surface area contributed by atoms with Gasteiger partial charge in [-0.25, -0.2) is 9.59 Å². The molecule has 7 rings (SSSR count). The second-order valence-corrected chi connectivity index (χ2v) is 17.4. The van der Waals surface area contributed by atoms with Gasteiger partial charge < -0.3 is 39.6 Å². The first-order valence-corrected chi connectivity index (χ1v) is 20.3. The lowest BCUT2D eigenvalue weighted by atomic mass is 9.43. The smallest absolute Gasteiger partial charge is 0.338 e. The minimum atomic E-state index is -2.35. The first-order valence-electron chi connectivity index (χ1n) is 20.3. The van der Waals surface area contributed by atoms with E-state index in [0.717, 1.165) is 6.92 Å². The molecule has 3 fully saturated rings. The number of rotatable bonds is 10. The Kier molecular flexibility index (Phi) is 11.5. The topological polar surface area (TPSA) is 212 Å². The van der Waals surface area contributed by atoms with Gasteiger partial charge in [-0.05, 0) is 61.7 Å². The van der Waals surface area contributed by atoms with Gasteiger partial charge in [0, 0.05) is 30.7 Å². The average Bonchev–Trinajstić information content (AvgIpc) is 3.23. The Morgan fingerprint density at radius 1 is 0.852 bits per heavy atom. The summed E-state index contributed by atoms with van der Waals surface area (Å²) in [4.78, 5) is 84.4. The minimum absolute atomic E-state index is 0.0733. The summed E-state index contributed by atoms with van der Waals surface area (Å²) in [7, 11) is 0. The van der Waals surface area contributed by atoms with Crippen molar-refractivity contribution in [3.05, 3.63) is 119 Å². The second-order valence-electron chi connectivity index (χ2n) is 17.4. The number of aliphatic hydroxyl groups excluding tert-OH is 2. The van der Waals surface area contributed by atoms with E-state index in [-0.39, 0.29) is 35.3 Å². The van der Waals surface area contributed by atoms with Gasteiger partial charge in [0.2, 0.25) is 0 Å². The van der Waals surface area contributed by atoms with Crippen molar-refractivity contribution in [1.29, 1.82) is 0 Å². The fourth-order valence-corrected chi connectivity index (χ4v) is 10.4. The summed E-state index contributed by atoms with van der Waals surface area (Å²) >= 11 is 0. The van der Waals surface area contributed by atoms with Gasteiger partial charge in [0.1, 0.15) is 29.7 Å². The Hall–Kier alpha value is -5.54. The number of nitrogens with one attached hydrogen (secondary N) is 1. The number of fused-ring (bicyclic) bond motifs is 5. The number of Topliss-reactive ketones (excluding diaryl/α,β-unsaturated/α-hetero) is 2. The molecule has 0 radical (unpaired) electrons. The van der Waals surface area contributed by atoms with E-state index in [2.05, 4.69) is 5.32 Å². The molecule has 2 bridgehead atoms. The lowest BCUT2D eigenvalue weighted by molar-refractivity contribution is -0.345. The normalized spacial score (nSPS) is 32.2. The minimum Gasteiger partial charge on any atom is -0.456 e. The Balaban J connectivity index is 1.38. The van der Waals surface area contributed by atoms with Crippen LogP contribution < -0.4 is 5.32 Å². The number of carbonyl (C=O) groups is 6. The van der Waals surface area contributed by atoms with Crippen LogP contribution in [-0.4, -0.2) is 99.0 Å². The largest absolute Gasteiger partial charge is 0.456 e. The van der Waals surface area contributed by atoms with Crippen molar-refractivity contribution < 1.29 is 63.0 Å². The summed E-state index contributed by atoms with van der Waals surface area (Å²) in [5, 5.41) is 40.2. The number of amides is 1. The molecule has 3 aromatic carbocycles. The number of benzene rings is 3. The van der Waals surface area contributed by atoms with Crippen molar-refractivity contribution in [2.24, 2.45) is 22.7 Å². The van der Waals surface area contributed by atoms with Gasteiger partial charge in [0.05, 0.1) is 41.6 Å². The van der Waals surface area contributed by atoms with Crippen LogP contribution in [-0.2, 0) is 38.1 Å². The quantitative estimate of drug-likeness (QED) is 0.0986. The Morgan fingerprint density at radius 3 is 1.97 bits per heavy atom. The molecule has 14 nitrogen and oxygen atoms in total. The molecule has 2 saturated carbocycles. The standard InChI is InChI=1S/C47H51NO13/c1-25-31(59-43(56)37(52)36(28-16-10-7-11-17-28)48-41(54)29-18-12-8-13-19-29)23-47(57)40(60-42(55)30-20-14-9-15-21-30)38-45(6,39(53)34(26(2)49)35(25)44(47,4)5)32(51)22-33-46(38,24-58-33)61-27(3)50/h7-21,31-34,36-38,40,51-52,57H,22-24H2,1-6H3,(H,48,54)/t31-,32-,33+,34+,36-,37+,38-,40-,45+,46-,47+/m0/s1. The van der Waals surface area contributed by atoms with Crippen LogP contribution in [0.3, 0.4) is 0 Å². The zero-order chi connectivity index (χ0) is 44.2. The zero-order valence-electron chi connectivity index (χ0n) is 34.8. The van der Waals surface area contributed by atoms with Crippen molar-refractivity contribution in [3.63, 3.8) is 0 Å². The van der Waals surface area contributed by atoms with Gasteiger partial charge in [-0.3, -0.25) is 19.2 Å². The van der Waals surface area contributed by atoms with Crippen molar-refractivity contribution in [2.75, 3.05) is 6.61 Å². The predicted octanol–water partition coefficient (Wildman–Crippen LogP) is 4.01. The van der Waals surface area contributed by atoms with Crippen LogP contribution in [0.5, 0.6) is 0 Å². The molecule has 61 heavy (non-hydrogen) atoms. The molecule has 1 heterocycles. The van der Waals surface area contributed by atoms with Crippen LogP contribution in [0.2, 0.25) is 0 Å². The summed E-state index contributed by atoms with van der Waals surface area (Å²) in [6.07, 6.45) is -8.50. The first kappa shape index (κ1) is 43.5. The maximum atomic E-state index is 15.4. The lowest BCUT2D eigenvalue weighted by Crippen LogP contribution is -2.81. The molecule has 3 aliphatic carbocycles. The maximum absolute atomic E-state index is 15.4. The summed E-state index contributed by atoms with van der Waals surface area (Å²) in [5.74, 6) is -8.05. The number of hydrogen-bond donors (Lipinski definition) is 4. The first-order chi connectivity index (χ1) is 28.8. The SMILES string of the molecule is CC(=O)O[C@@]12CO[C@@H]1C[C@H](O)[C@@]1(C)C(=O)[C@H](C(C)=O)C3=C(C)[C@@H](OC(=O)[C@H](O)[C@@H](NC(=O)c4ccccc4)c4ccccc4)C[C@@](O)([C@@H](OC(=O)c4ccccc4)[C@H]21)C3(C)C. The highest BCUT2D eigenvalue weighted by Gasteiger charge is 2.78. The van der Waals surface area contributed by atoms with Gasteiger partial charge in [-0.1, -0.05) is 80.6 Å². The number of aliphatic hydroxyl groups is 3. The Bertz CT molecular complexity index is 2260. The summed E-state index contributed by atoms with van der Waals surface area (Å²) in [5.41, 5.74) is -6.70. The van der Waals surface area contributed by atoms with Crippen LogP contribution in [0.25, 0.3) is 0 Å². The molecule has 0 aromatic heterocycles. The van der Waals surface area contributed by atoms with Crippen LogP contribution in [0.4, 0.5) is 0 Å². The predicted molar refractivity (Wildman–Crippen MR) is 216 cm³/mol. The van der Waals surface area contributed by atoms with Crippen molar-refractivity contribution >= 4 is 35.4 Å². The Labute approximate surface area is 353 Å². The van der Waals surface area contributed by atoms with Gasteiger partial charge in [-0.15, -0.1) is 0 Å². The van der Waals surface area contributed by atoms with Crippen LogP contribution in [0, 0.1) is 22.7 Å². The van der Waals surface area contributed by atoms with E-state index in [1.165, 1.54) is 26.0 Å². The molecular weight excluding hydrogens is 787 g/mol. The molecular formula is C47H51NO13. The van der Waals surface area contributed by atoms with Crippen LogP contribution in [0.1, 0.15) is 86.7 Å². The number of esters is 3.